The van der Waals surface area contributed by atoms with E-state index in [1.54, 1.807) is 0 Å². The van der Waals surface area contributed by atoms with E-state index < -0.39 is 0 Å². The number of hydrogen-bond acceptors (Lipinski definition) is 4. The molecule has 1 aromatic carbocycles. The lowest BCUT2D eigenvalue weighted by Gasteiger charge is -2.52. The van der Waals surface area contributed by atoms with Gasteiger partial charge in [0.2, 0.25) is 0 Å². The molecule has 1 aromatic rings. The van der Waals surface area contributed by atoms with Gasteiger partial charge in [0, 0.05) is 12.3 Å². The number of guanidine groups is 1. The summed E-state index contributed by atoms with van der Waals surface area (Å²) >= 11 is 2.04. The Morgan fingerprint density at radius 2 is 2.05 bits per heavy atom. The van der Waals surface area contributed by atoms with E-state index in [0.29, 0.717) is 5.96 Å². The van der Waals surface area contributed by atoms with Crippen LogP contribution in [0.15, 0.2) is 35.3 Å². The summed E-state index contributed by atoms with van der Waals surface area (Å²) < 4.78 is 0. The molecule has 1 atom stereocenters. The highest BCUT2D eigenvalue weighted by Gasteiger charge is 2.54. The average molecular weight is 289 g/mol. The Balaban J connectivity index is 1.91. The predicted octanol–water partition coefficient (Wildman–Crippen LogP) is 2.72. The first kappa shape index (κ1) is 13.8. The van der Waals surface area contributed by atoms with E-state index in [4.69, 9.17) is 5.73 Å². The highest BCUT2D eigenvalue weighted by Crippen LogP contribution is 2.48. The van der Waals surface area contributed by atoms with Crippen LogP contribution in [-0.4, -0.2) is 34.4 Å². The minimum absolute atomic E-state index is 0.0792. The lowest BCUT2D eigenvalue weighted by atomic mass is 9.70. The first-order valence-corrected chi connectivity index (χ1v) is 8.40. The highest BCUT2D eigenvalue weighted by atomic mass is 32.2. The molecule has 2 aliphatic rings. The van der Waals surface area contributed by atoms with E-state index >= 15 is 0 Å². The molecule has 108 valence electrons. The van der Waals surface area contributed by atoms with Crippen LogP contribution >= 0.6 is 11.8 Å². The van der Waals surface area contributed by atoms with Gasteiger partial charge in [0.05, 0.1) is 12.1 Å². The molecular formula is C16H23N3S. The minimum Gasteiger partial charge on any atom is -0.370 e. The van der Waals surface area contributed by atoms with Gasteiger partial charge in [0.1, 0.15) is 0 Å². The Labute approximate surface area is 125 Å². The number of thioether (sulfide) groups is 1. The van der Waals surface area contributed by atoms with Crippen LogP contribution in [-0.2, 0) is 6.54 Å². The van der Waals surface area contributed by atoms with Crippen LogP contribution in [0.25, 0.3) is 0 Å². The van der Waals surface area contributed by atoms with Gasteiger partial charge in [-0.25, -0.2) is 0 Å². The van der Waals surface area contributed by atoms with Crippen molar-refractivity contribution in [2.75, 3.05) is 18.1 Å². The molecule has 0 saturated carbocycles. The minimum atomic E-state index is 0.0792. The molecule has 2 N–H and O–H groups in total. The zero-order valence-corrected chi connectivity index (χ0v) is 13.1. The Bertz CT molecular complexity index is 512. The van der Waals surface area contributed by atoms with Crippen molar-refractivity contribution in [2.24, 2.45) is 16.1 Å². The maximum absolute atomic E-state index is 6.22. The summed E-state index contributed by atoms with van der Waals surface area (Å²) in [7, 11) is 0. The summed E-state index contributed by atoms with van der Waals surface area (Å²) in [5, 5.41) is 0. The van der Waals surface area contributed by atoms with Crippen molar-refractivity contribution in [3.8, 4) is 0 Å². The number of rotatable bonds is 2. The van der Waals surface area contributed by atoms with Crippen molar-refractivity contribution in [3.63, 3.8) is 0 Å². The second-order valence-electron chi connectivity index (χ2n) is 6.46. The number of aliphatic imine (C=N–C) groups is 1. The number of nitrogens with zero attached hydrogens (tertiary/aromatic N) is 2. The van der Waals surface area contributed by atoms with Crippen LogP contribution in [0.4, 0.5) is 0 Å². The summed E-state index contributed by atoms with van der Waals surface area (Å²) in [6.07, 6.45) is 1.23. The Kier molecular flexibility index (Phi) is 3.44. The second kappa shape index (κ2) is 4.99. The summed E-state index contributed by atoms with van der Waals surface area (Å²) in [5.74, 6) is 3.08. The standard InChI is InChI=1S/C16H23N3S/c1-15(2)8-9-20-12-16(15)11-18-14(17)19(16)10-13-6-4-3-5-7-13/h3-7H,8-12H2,1-2H3,(H2,17,18). The molecule has 4 heteroatoms. The van der Waals surface area contributed by atoms with Crippen molar-refractivity contribution in [1.82, 2.24) is 4.90 Å². The molecule has 1 spiro atoms. The van der Waals surface area contributed by atoms with Gasteiger partial charge in [-0.2, -0.15) is 11.8 Å². The van der Waals surface area contributed by atoms with Gasteiger partial charge >= 0.3 is 0 Å². The fourth-order valence-electron chi connectivity index (χ4n) is 3.30. The molecule has 3 nitrogen and oxygen atoms in total. The van der Waals surface area contributed by atoms with Gasteiger partial charge in [0.15, 0.2) is 5.96 Å². The van der Waals surface area contributed by atoms with Gasteiger partial charge in [-0.1, -0.05) is 44.2 Å². The van der Waals surface area contributed by atoms with Crippen molar-refractivity contribution in [2.45, 2.75) is 32.4 Å². The van der Waals surface area contributed by atoms with E-state index in [9.17, 15) is 0 Å². The normalized spacial score (nSPS) is 28.7. The number of nitrogens with two attached hydrogens (primary N) is 1. The monoisotopic (exact) mass is 289 g/mol. The predicted molar refractivity (Wildman–Crippen MR) is 86.9 cm³/mol. The third kappa shape index (κ3) is 2.10. The van der Waals surface area contributed by atoms with Gasteiger partial charge < -0.3 is 10.6 Å². The molecule has 0 radical (unpaired) electrons. The maximum atomic E-state index is 6.22. The van der Waals surface area contributed by atoms with Crippen LogP contribution in [0.1, 0.15) is 25.8 Å². The van der Waals surface area contributed by atoms with Crippen LogP contribution < -0.4 is 5.73 Å². The van der Waals surface area contributed by atoms with E-state index in [1.165, 1.54) is 17.7 Å². The van der Waals surface area contributed by atoms with E-state index in [0.717, 1.165) is 18.8 Å². The quantitative estimate of drug-likeness (QED) is 0.910. The molecule has 2 heterocycles. The van der Waals surface area contributed by atoms with Crippen molar-refractivity contribution >= 4 is 17.7 Å². The van der Waals surface area contributed by atoms with E-state index in [2.05, 4.69) is 54.1 Å². The van der Waals surface area contributed by atoms with Crippen molar-refractivity contribution in [1.29, 1.82) is 0 Å². The molecule has 1 unspecified atom stereocenters. The Morgan fingerprint density at radius 3 is 2.75 bits per heavy atom. The average Bonchev–Trinajstić information content (AvgIpc) is 2.74. The first-order valence-electron chi connectivity index (χ1n) is 7.24. The summed E-state index contributed by atoms with van der Waals surface area (Å²) in [6.45, 7) is 6.45. The van der Waals surface area contributed by atoms with Gasteiger partial charge in [-0.15, -0.1) is 0 Å². The molecule has 0 amide bonds. The van der Waals surface area contributed by atoms with Crippen LogP contribution in [0, 0.1) is 5.41 Å². The van der Waals surface area contributed by atoms with Crippen molar-refractivity contribution < 1.29 is 0 Å². The summed E-state index contributed by atoms with van der Waals surface area (Å²) in [5.41, 5.74) is 7.85. The second-order valence-corrected chi connectivity index (χ2v) is 7.57. The Morgan fingerprint density at radius 1 is 1.30 bits per heavy atom. The SMILES string of the molecule is CC1(C)CCSCC12CN=C(N)N2Cc1ccccc1. The van der Waals surface area contributed by atoms with Gasteiger partial charge in [-0.3, -0.25) is 4.99 Å². The molecule has 1 saturated heterocycles. The molecule has 0 bridgehead atoms. The molecule has 3 rings (SSSR count). The topological polar surface area (TPSA) is 41.6 Å². The molecular weight excluding hydrogens is 266 g/mol. The maximum Gasteiger partial charge on any atom is 0.192 e. The van der Waals surface area contributed by atoms with E-state index in [1.807, 2.05) is 11.8 Å². The fraction of sp³-hybridized carbons (Fsp3) is 0.562. The summed E-state index contributed by atoms with van der Waals surface area (Å²) in [6, 6.07) is 10.6. The van der Waals surface area contributed by atoms with Gasteiger partial charge in [-0.05, 0) is 23.2 Å². The zero-order chi connectivity index (χ0) is 14.2. The highest BCUT2D eigenvalue weighted by molar-refractivity contribution is 7.99. The molecule has 1 fully saturated rings. The largest absolute Gasteiger partial charge is 0.370 e. The van der Waals surface area contributed by atoms with Crippen molar-refractivity contribution in [3.05, 3.63) is 35.9 Å². The van der Waals surface area contributed by atoms with Gasteiger partial charge in [0.25, 0.3) is 0 Å². The molecule has 0 aromatic heterocycles. The lowest BCUT2D eigenvalue weighted by molar-refractivity contribution is 0.0609. The molecule has 0 aliphatic carbocycles. The summed E-state index contributed by atoms with van der Waals surface area (Å²) in [4.78, 5) is 6.95. The third-order valence-corrected chi connectivity index (χ3v) is 6.13. The lowest BCUT2D eigenvalue weighted by Crippen LogP contribution is -2.62. The Hall–Kier alpha value is -1.16. The first-order chi connectivity index (χ1) is 9.55. The molecule has 2 aliphatic heterocycles. The fourth-order valence-corrected chi connectivity index (χ4v) is 5.07. The van der Waals surface area contributed by atoms with Crippen LogP contribution in [0.2, 0.25) is 0 Å². The smallest absolute Gasteiger partial charge is 0.192 e. The zero-order valence-electron chi connectivity index (χ0n) is 12.3. The third-order valence-electron chi connectivity index (χ3n) is 4.95. The van der Waals surface area contributed by atoms with E-state index in [-0.39, 0.29) is 11.0 Å². The number of hydrogen-bond donors (Lipinski definition) is 1. The van der Waals surface area contributed by atoms with Crippen LogP contribution in [0.3, 0.4) is 0 Å². The number of benzene rings is 1. The molecule has 20 heavy (non-hydrogen) atoms. The van der Waals surface area contributed by atoms with Crippen LogP contribution in [0.5, 0.6) is 0 Å².